The quantitative estimate of drug-likeness (QED) is 0.774. The van der Waals surface area contributed by atoms with Gasteiger partial charge >= 0.3 is 0 Å². The molecule has 0 aliphatic carbocycles. The summed E-state index contributed by atoms with van der Waals surface area (Å²) < 4.78 is 9.02. The van der Waals surface area contributed by atoms with Crippen LogP contribution >= 0.6 is 11.5 Å². The summed E-state index contributed by atoms with van der Waals surface area (Å²) in [6.45, 7) is 3.18. The predicted molar refractivity (Wildman–Crippen MR) is 64.8 cm³/mol. The second-order valence-corrected chi connectivity index (χ2v) is 4.38. The van der Waals surface area contributed by atoms with Gasteiger partial charge in [0.05, 0.1) is 13.2 Å². The van der Waals surface area contributed by atoms with Crippen LogP contribution in [-0.4, -0.2) is 53.0 Å². The minimum Gasteiger partial charge on any atom is -0.378 e. The van der Waals surface area contributed by atoms with Crippen molar-refractivity contribution in [1.29, 1.82) is 0 Å². The Morgan fingerprint density at radius 1 is 1.53 bits per heavy atom. The van der Waals surface area contributed by atoms with Crippen LogP contribution in [0.1, 0.15) is 6.42 Å². The fraction of sp³-hybridized carbons (Fsp3) is 0.667. The molecule has 0 radical (unpaired) electrons. The Labute approximate surface area is 103 Å². The molecule has 3 N–H and O–H groups in total. The molecule has 17 heavy (non-hydrogen) atoms. The van der Waals surface area contributed by atoms with Crippen LogP contribution in [0.3, 0.4) is 0 Å². The van der Waals surface area contributed by atoms with Crippen LogP contribution in [0, 0.1) is 0 Å². The summed E-state index contributed by atoms with van der Waals surface area (Å²) in [5, 5.41) is 3.67. The third-order valence-electron chi connectivity index (χ3n) is 2.42. The molecule has 1 aromatic rings. The van der Waals surface area contributed by atoms with E-state index in [2.05, 4.69) is 14.7 Å². The Morgan fingerprint density at radius 3 is 2.94 bits per heavy atom. The predicted octanol–water partition coefficient (Wildman–Crippen LogP) is -0.219. The highest BCUT2D eigenvalue weighted by molar-refractivity contribution is 7.09. The summed E-state index contributed by atoms with van der Waals surface area (Å²) in [4.78, 5) is 17.5. The van der Waals surface area contributed by atoms with Gasteiger partial charge in [-0.15, -0.1) is 0 Å². The van der Waals surface area contributed by atoms with Gasteiger partial charge in [-0.1, -0.05) is 0 Å². The van der Waals surface area contributed by atoms with Gasteiger partial charge < -0.3 is 20.7 Å². The number of hydrogen-bond acceptors (Lipinski definition) is 7. The molecule has 0 aromatic carbocycles. The second kappa shape index (κ2) is 5.78. The highest BCUT2D eigenvalue weighted by atomic mass is 32.1. The Hall–Kier alpha value is -1.41. The molecule has 2 rings (SSSR count). The lowest BCUT2D eigenvalue weighted by atomic mass is 10.3. The lowest BCUT2D eigenvalue weighted by molar-refractivity contribution is -0.134. The van der Waals surface area contributed by atoms with Gasteiger partial charge in [-0.05, 0) is 0 Å². The number of aromatic nitrogens is 2. The van der Waals surface area contributed by atoms with E-state index in [-0.39, 0.29) is 11.9 Å². The van der Waals surface area contributed by atoms with E-state index in [1.165, 1.54) is 11.5 Å². The average Bonchev–Trinajstić information content (AvgIpc) is 2.76. The maximum Gasteiger partial charge on any atom is 0.233 e. The molecule has 0 saturated carbocycles. The number of nitrogens with two attached hydrogens (primary N) is 1. The maximum absolute atomic E-state index is 11.8. The first-order valence-corrected chi connectivity index (χ1v) is 6.21. The topological polar surface area (TPSA) is 93.4 Å². The fourth-order valence-corrected chi connectivity index (χ4v) is 2.08. The molecule has 7 nitrogen and oxygen atoms in total. The molecule has 1 amide bonds. The maximum atomic E-state index is 11.8. The van der Waals surface area contributed by atoms with E-state index in [4.69, 9.17) is 10.5 Å². The van der Waals surface area contributed by atoms with Crippen molar-refractivity contribution in [2.45, 2.75) is 6.42 Å². The molecule has 94 valence electrons. The molecule has 0 atom stereocenters. The molecule has 1 aromatic heterocycles. The van der Waals surface area contributed by atoms with Gasteiger partial charge in [0, 0.05) is 37.6 Å². The Morgan fingerprint density at radius 2 is 2.29 bits per heavy atom. The van der Waals surface area contributed by atoms with Crippen molar-refractivity contribution in [3.05, 3.63) is 0 Å². The van der Waals surface area contributed by atoms with Crippen molar-refractivity contribution in [2.75, 3.05) is 43.9 Å². The number of ether oxygens (including phenoxy) is 1. The molecular weight excluding hydrogens is 242 g/mol. The van der Waals surface area contributed by atoms with Gasteiger partial charge in [-0.2, -0.15) is 9.36 Å². The normalized spacial score (nSPS) is 15.9. The second-order valence-electron chi connectivity index (χ2n) is 3.63. The lowest BCUT2D eigenvalue weighted by Crippen LogP contribution is -2.41. The SMILES string of the molecule is Nc1nsc(NCCC(=O)N2CCOCC2)n1. The number of anilines is 2. The number of nitrogen functional groups attached to an aromatic ring is 1. The van der Waals surface area contributed by atoms with E-state index >= 15 is 0 Å². The lowest BCUT2D eigenvalue weighted by Gasteiger charge is -2.26. The number of nitrogens with zero attached hydrogens (tertiary/aromatic N) is 3. The first kappa shape index (κ1) is 12.1. The third kappa shape index (κ3) is 3.53. The van der Waals surface area contributed by atoms with Crippen molar-refractivity contribution in [1.82, 2.24) is 14.3 Å². The van der Waals surface area contributed by atoms with Crippen LogP contribution in [0.15, 0.2) is 0 Å². The number of amides is 1. The van der Waals surface area contributed by atoms with Gasteiger partial charge in [0.25, 0.3) is 0 Å². The van der Waals surface area contributed by atoms with Crippen molar-refractivity contribution in [3.8, 4) is 0 Å². The highest BCUT2D eigenvalue weighted by Gasteiger charge is 2.16. The summed E-state index contributed by atoms with van der Waals surface area (Å²) >= 11 is 1.19. The summed E-state index contributed by atoms with van der Waals surface area (Å²) in [5.74, 6) is 0.398. The standard InChI is InChI=1S/C9H15N5O2S/c10-8-12-9(17-13-8)11-2-1-7(15)14-3-5-16-6-4-14/h1-6H2,(H3,10,11,12,13). The molecule has 8 heteroatoms. The molecule has 0 spiro atoms. The van der Waals surface area contributed by atoms with E-state index in [9.17, 15) is 4.79 Å². The Kier molecular flexibility index (Phi) is 4.10. The van der Waals surface area contributed by atoms with Crippen LogP contribution in [0.5, 0.6) is 0 Å². The summed E-state index contributed by atoms with van der Waals surface area (Å²) in [6, 6.07) is 0. The van der Waals surface area contributed by atoms with Crippen LogP contribution in [0.25, 0.3) is 0 Å². The van der Waals surface area contributed by atoms with Gasteiger partial charge in [-0.3, -0.25) is 4.79 Å². The zero-order valence-electron chi connectivity index (χ0n) is 9.39. The molecule has 1 saturated heterocycles. The Balaban J connectivity index is 1.69. The smallest absolute Gasteiger partial charge is 0.233 e. The van der Waals surface area contributed by atoms with E-state index in [0.29, 0.717) is 44.4 Å². The van der Waals surface area contributed by atoms with Gasteiger partial charge in [0.15, 0.2) is 0 Å². The van der Waals surface area contributed by atoms with Crippen LogP contribution in [-0.2, 0) is 9.53 Å². The van der Waals surface area contributed by atoms with Crippen LogP contribution < -0.4 is 11.1 Å². The monoisotopic (exact) mass is 257 g/mol. The van der Waals surface area contributed by atoms with Crippen LogP contribution in [0.2, 0.25) is 0 Å². The largest absolute Gasteiger partial charge is 0.378 e. The average molecular weight is 257 g/mol. The molecule has 2 heterocycles. The first-order valence-electron chi connectivity index (χ1n) is 5.44. The van der Waals surface area contributed by atoms with Crippen molar-refractivity contribution in [2.24, 2.45) is 0 Å². The molecule has 0 unspecified atom stereocenters. The molecule has 0 bridgehead atoms. The minimum absolute atomic E-state index is 0.137. The van der Waals surface area contributed by atoms with Crippen molar-refractivity contribution >= 4 is 28.5 Å². The number of hydrogen-bond donors (Lipinski definition) is 2. The van der Waals surface area contributed by atoms with E-state index in [1.54, 1.807) is 0 Å². The molecule has 1 aliphatic heterocycles. The molecular formula is C9H15N5O2S. The number of carbonyl (C=O) groups excluding carboxylic acids is 1. The highest BCUT2D eigenvalue weighted by Crippen LogP contribution is 2.11. The molecule has 1 fully saturated rings. The fourth-order valence-electron chi connectivity index (χ4n) is 1.55. The van der Waals surface area contributed by atoms with Crippen molar-refractivity contribution in [3.63, 3.8) is 0 Å². The number of nitrogens with one attached hydrogen (secondary N) is 1. The summed E-state index contributed by atoms with van der Waals surface area (Å²) in [5.41, 5.74) is 5.39. The minimum atomic E-state index is 0.137. The van der Waals surface area contributed by atoms with Gasteiger partial charge in [0.1, 0.15) is 0 Å². The van der Waals surface area contributed by atoms with Crippen LogP contribution in [0.4, 0.5) is 11.1 Å². The van der Waals surface area contributed by atoms with Gasteiger partial charge in [0.2, 0.25) is 17.0 Å². The van der Waals surface area contributed by atoms with E-state index < -0.39 is 0 Å². The molecule has 1 aliphatic rings. The zero-order chi connectivity index (χ0) is 12.1. The first-order chi connectivity index (χ1) is 8.25. The number of rotatable bonds is 4. The summed E-state index contributed by atoms with van der Waals surface area (Å²) in [6.07, 6.45) is 0.444. The number of morpholine rings is 1. The van der Waals surface area contributed by atoms with E-state index in [1.807, 2.05) is 4.90 Å². The van der Waals surface area contributed by atoms with E-state index in [0.717, 1.165) is 0 Å². The van der Waals surface area contributed by atoms with Crippen molar-refractivity contribution < 1.29 is 9.53 Å². The zero-order valence-corrected chi connectivity index (χ0v) is 10.2. The van der Waals surface area contributed by atoms with Gasteiger partial charge in [-0.25, -0.2) is 0 Å². The summed E-state index contributed by atoms with van der Waals surface area (Å²) in [7, 11) is 0. The number of carbonyl (C=O) groups is 1. The Bertz CT molecular complexity index is 377. The third-order valence-corrected chi connectivity index (χ3v) is 3.11.